The first-order valence-electron chi connectivity index (χ1n) is 6.27. The molecule has 2 nitrogen and oxygen atoms in total. The van der Waals surface area contributed by atoms with Crippen LogP contribution in [0.1, 0.15) is 65.2 Å². The number of hydrogen-bond donors (Lipinski definition) is 1. The highest BCUT2D eigenvalue weighted by molar-refractivity contribution is 7.38. The molecule has 1 fully saturated rings. The Balaban J connectivity index is 2.69. The van der Waals surface area contributed by atoms with E-state index in [1.165, 1.54) is 32.1 Å². The molecule has 0 aliphatic heterocycles. The summed E-state index contributed by atoms with van der Waals surface area (Å²) in [6, 6.07) is 0. The van der Waals surface area contributed by atoms with E-state index in [9.17, 15) is 9.46 Å². The van der Waals surface area contributed by atoms with Crippen molar-refractivity contribution in [2.24, 2.45) is 5.41 Å². The van der Waals surface area contributed by atoms with E-state index in [1.807, 2.05) is 6.92 Å². The van der Waals surface area contributed by atoms with E-state index < -0.39 is 8.03 Å². The third-order valence-electron chi connectivity index (χ3n) is 4.10. The quantitative estimate of drug-likeness (QED) is 0.718. The lowest BCUT2D eigenvalue weighted by Gasteiger charge is -2.37. The molecule has 1 rings (SSSR count). The standard InChI is InChI=1S/C12H23O2P/c1-3-4-8-12(11(2)15(13)14)9-6-5-7-10-12/h11H,3-10H2,1-2H3/p+1. The van der Waals surface area contributed by atoms with Gasteiger partial charge in [-0.3, -0.25) is 0 Å². The second-order valence-electron chi connectivity index (χ2n) is 5.01. The van der Waals surface area contributed by atoms with E-state index >= 15 is 0 Å². The molecule has 15 heavy (non-hydrogen) atoms. The third-order valence-corrected chi connectivity index (χ3v) is 5.31. The first-order valence-corrected chi connectivity index (χ1v) is 7.56. The molecule has 0 spiro atoms. The van der Waals surface area contributed by atoms with Gasteiger partial charge in [-0.2, -0.15) is 4.89 Å². The molecule has 2 unspecified atom stereocenters. The summed E-state index contributed by atoms with van der Waals surface area (Å²) in [5.74, 6) is 0. The fraction of sp³-hybridized carbons (Fsp3) is 1.00. The molecule has 0 radical (unpaired) electrons. The van der Waals surface area contributed by atoms with Crippen LogP contribution in [0.3, 0.4) is 0 Å². The van der Waals surface area contributed by atoms with Crippen molar-refractivity contribution in [2.75, 3.05) is 0 Å². The summed E-state index contributed by atoms with van der Waals surface area (Å²) in [6.07, 6.45) is 9.67. The Morgan fingerprint density at radius 3 is 2.40 bits per heavy atom. The van der Waals surface area contributed by atoms with Crippen LogP contribution in [-0.2, 0) is 4.57 Å². The summed E-state index contributed by atoms with van der Waals surface area (Å²) in [5.41, 5.74) is 0.163. The van der Waals surface area contributed by atoms with Crippen molar-refractivity contribution >= 4 is 8.03 Å². The summed E-state index contributed by atoms with van der Waals surface area (Å²) in [6.45, 7) is 4.17. The molecule has 3 heteroatoms. The molecule has 0 saturated heterocycles. The summed E-state index contributed by atoms with van der Waals surface area (Å²) in [5, 5.41) is 0. The van der Waals surface area contributed by atoms with E-state index in [2.05, 4.69) is 6.92 Å². The Hall–Kier alpha value is 0.0600. The smallest absolute Gasteiger partial charge is 0.161 e. The second kappa shape index (κ2) is 5.96. The summed E-state index contributed by atoms with van der Waals surface area (Å²) in [7, 11) is -2.00. The van der Waals surface area contributed by atoms with E-state index in [-0.39, 0.29) is 11.1 Å². The highest BCUT2D eigenvalue weighted by Gasteiger charge is 2.46. The Morgan fingerprint density at radius 1 is 1.33 bits per heavy atom. The zero-order chi connectivity index (χ0) is 11.3. The molecule has 0 aromatic carbocycles. The first kappa shape index (κ1) is 13.1. The van der Waals surface area contributed by atoms with Crippen molar-refractivity contribution in [3.63, 3.8) is 0 Å². The van der Waals surface area contributed by atoms with Crippen LogP contribution in [0.5, 0.6) is 0 Å². The average Bonchev–Trinajstić information content (AvgIpc) is 2.26. The molecule has 1 saturated carbocycles. The van der Waals surface area contributed by atoms with Gasteiger partial charge < -0.3 is 0 Å². The van der Waals surface area contributed by atoms with E-state index in [4.69, 9.17) is 0 Å². The molecule has 0 amide bonds. The SMILES string of the molecule is CCCCC1(C(C)[P+](=O)O)CCCCC1. The summed E-state index contributed by atoms with van der Waals surface area (Å²) in [4.78, 5) is 9.35. The van der Waals surface area contributed by atoms with E-state index in [0.29, 0.717) is 0 Å². The van der Waals surface area contributed by atoms with E-state index in [1.54, 1.807) is 0 Å². The van der Waals surface area contributed by atoms with Crippen LogP contribution in [0.2, 0.25) is 0 Å². The van der Waals surface area contributed by atoms with Crippen LogP contribution >= 0.6 is 8.03 Å². The minimum Gasteiger partial charge on any atom is -0.161 e. The fourth-order valence-corrected chi connectivity index (χ4v) is 3.75. The average molecular weight is 231 g/mol. The van der Waals surface area contributed by atoms with Gasteiger partial charge in [-0.1, -0.05) is 39.0 Å². The predicted molar refractivity (Wildman–Crippen MR) is 64.3 cm³/mol. The van der Waals surface area contributed by atoms with Crippen LogP contribution in [0, 0.1) is 5.41 Å². The molecule has 0 heterocycles. The maximum atomic E-state index is 11.3. The van der Waals surface area contributed by atoms with Crippen LogP contribution in [0.25, 0.3) is 0 Å². The number of unbranched alkanes of at least 4 members (excludes halogenated alkanes) is 1. The lowest BCUT2D eigenvalue weighted by molar-refractivity contribution is 0.160. The summed E-state index contributed by atoms with van der Waals surface area (Å²) >= 11 is 0. The van der Waals surface area contributed by atoms with E-state index in [0.717, 1.165) is 19.3 Å². The maximum Gasteiger partial charge on any atom is 0.508 e. The van der Waals surface area contributed by atoms with Gasteiger partial charge in [0.05, 0.1) is 0 Å². The van der Waals surface area contributed by atoms with Gasteiger partial charge in [0.2, 0.25) is 0 Å². The molecule has 1 aliphatic rings. The van der Waals surface area contributed by atoms with Gasteiger partial charge in [0.1, 0.15) is 0 Å². The molecular weight excluding hydrogens is 207 g/mol. The monoisotopic (exact) mass is 231 g/mol. The minimum absolute atomic E-state index is 0.0145. The molecule has 0 bridgehead atoms. The maximum absolute atomic E-state index is 11.3. The molecule has 1 N–H and O–H groups in total. The zero-order valence-electron chi connectivity index (χ0n) is 10.0. The second-order valence-corrected chi connectivity index (χ2v) is 6.38. The van der Waals surface area contributed by atoms with Gasteiger partial charge in [-0.15, -0.1) is 0 Å². The largest absolute Gasteiger partial charge is 0.508 e. The van der Waals surface area contributed by atoms with Crippen molar-refractivity contribution in [3.8, 4) is 0 Å². The van der Waals surface area contributed by atoms with Gasteiger partial charge in [-0.05, 0) is 30.8 Å². The molecule has 1 aliphatic carbocycles. The number of hydrogen-bond acceptors (Lipinski definition) is 1. The molecule has 88 valence electrons. The zero-order valence-corrected chi connectivity index (χ0v) is 10.9. The van der Waals surface area contributed by atoms with Gasteiger partial charge in [0, 0.05) is 5.41 Å². The van der Waals surface area contributed by atoms with Crippen LogP contribution in [-0.4, -0.2) is 10.6 Å². The van der Waals surface area contributed by atoms with Gasteiger partial charge in [0.15, 0.2) is 5.66 Å². The third kappa shape index (κ3) is 3.26. The van der Waals surface area contributed by atoms with Crippen LogP contribution in [0.4, 0.5) is 0 Å². The molecule has 2 atom stereocenters. The Morgan fingerprint density at radius 2 is 1.93 bits per heavy atom. The highest BCUT2D eigenvalue weighted by Crippen LogP contribution is 2.50. The van der Waals surface area contributed by atoms with Crippen LogP contribution < -0.4 is 0 Å². The van der Waals surface area contributed by atoms with Crippen molar-refractivity contribution < 1.29 is 9.46 Å². The highest BCUT2D eigenvalue weighted by atomic mass is 31.1. The topological polar surface area (TPSA) is 37.3 Å². The Labute approximate surface area is 94.3 Å². The molecular formula is C12H24O2P+. The van der Waals surface area contributed by atoms with Gasteiger partial charge in [0.25, 0.3) is 0 Å². The fourth-order valence-electron chi connectivity index (χ4n) is 2.90. The minimum atomic E-state index is -2.00. The summed E-state index contributed by atoms with van der Waals surface area (Å²) < 4.78 is 11.3. The van der Waals surface area contributed by atoms with Gasteiger partial charge >= 0.3 is 8.03 Å². The Kier molecular flexibility index (Phi) is 5.22. The van der Waals surface area contributed by atoms with Gasteiger partial charge in [-0.25, -0.2) is 0 Å². The predicted octanol–water partition coefficient (Wildman–Crippen LogP) is 4.25. The lowest BCUT2D eigenvalue weighted by atomic mass is 9.69. The first-order chi connectivity index (χ1) is 7.12. The molecule has 0 aromatic heterocycles. The van der Waals surface area contributed by atoms with Crippen molar-refractivity contribution in [3.05, 3.63) is 0 Å². The Bertz CT molecular complexity index is 210. The van der Waals surface area contributed by atoms with Crippen LogP contribution in [0.15, 0.2) is 0 Å². The number of rotatable bonds is 5. The molecule has 0 aromatic rings. The van der Waals surface area contributed by atoms with Crippen molar-refractivity contribution in [2.45, 2.75) is 70.9 Å². The van der Waals surface area contributed by atoms with Crippen molar-refractivity contribution in [1.29, 1.82) is 0 Å². The van der Waals surface area contributed by atoms with Crippen molar-refractivity contribution in [1.82, 2.24) is 0 Å². The lowest BCUT2D eigenvalue weighted by Crippen LogP contribution is -2.33. The normalized spacial score (nSPS) is 23.5.